The smallest absolute Gasteiger partial charge is 0.303 e. The van der Waals surface area contributed by atoms with Gasteiger partial charge in [-0.2, -0.15) is 4.39 Å². The Bertz CT molecular complexity index is 480. The summed E-state index contributed by atoms with van der Waals surface area (Å²) in [6, 6.07) is 1.08. The third-order valence-electron chi connectivity index (χ3n) is 2.55. The summed E-state index contributed by atoms with van der Waals surface area (Å²) in [7, 11) is 0. The van der Waals surface area contributed by atoms with Crippen molar-refractivity contribution in [1.82, 2.24) is 10.3 Å². The van der Waals surface area contributed by atoms with Crippen molar-refractivity contribution in [3.8, 4) is 0 Å². The molecule has 0 aliphatic rings. The van der Waals surface area contributed by atoms with Crippen LogP contribution in [0.4, 0.5) is 8.78 Å². The number of aromatic nitrogens is 1. The molecule has 104 valence electrons. The number of carbonyl (C=O) groups excluding carboxylic acids is 1. The zero-order chi connectivity index (χ0) is 14.4. The van der Waals surface area contributed by atoms with E-state index in [0.29, 0.717) is 6.42 Å². The molecular weight excluding hydrogens is 258 g/mol. The lowest BCUT2D eigenvalue weighted by molar-refractivity contribution is -0.137. The summed E-state index contributed by atoms with van der Waals surface area (Å²) < 4.78 is 26.1. The molecular formula is C12H14F2N2O3. The molecule has 5 nitrogen and oxygen atoms in total. The minimum atomic E-state index is -1.33. The predicted molar refractivity (Wildman–Crippen MR) is 62.5 cm³/mol. The van der Waals surface area contributed by atoms with E-state index in [0.717, 1.165) is 12.3 Å². The van der Waals surface area contributed by atoms with E-state index in [-0.39, 0.29) is 18.9 Å². The van der Waals surface area contributed by atoms with Crippen LogP contribution in [0.1, 0.15) is 30.1 Å². The summed E-state index contributed by atoms with van der Waals surface area (Å²) in [5.74, 6) is -4.36. The topological polar surface area (TPSA) is 79.3 Å². The van der Waals surface area contributed by atoms with E-state index in [9.17, 15) is 18.4 Å². The third kappa shape index (κ3) is 4.61. The molecule has 0 aliphatic heterocycles. The maximum Gasteiger partial charge on any atom is 0.303 e. The van der Waals surface area contributed by atoms with Gasteiger partial charge in [0, 0.05) is 19.2 Å². The fourth-order valence-electron chi connectivity index (χ4n) is 1.43. The lowest BCUT2D eigenvalue weighted by Crippen LogP contribution is -2.29. The molecule has 1 atom stereocenters. The minimum absolute atomic E-state index is 0.00468. The second-order valence-electron chi connectivity index (χ2n) is 4.21. The predicted octanol–water partition coefficient (Wildman–Crippen LogP) is 1.59. The van der Waals surface area contributed by atoms with E-state index >= 15 is 0 Å². The highest BCUT2D eigenvalue weighted by Crippen LogP contribution is 2.09. The van der Waals surface area contributed by atoms with Crippen LogP contribution >= 0.6 is 0 Å². The van der Waals surface area contributed by atoms with E-state index in [4.69, 9.17) is 5.11 Å². The van der Waals surface area contributed by atoms with E-state index in [1.165, 1.54) is 0 Å². The molecule has 0 aromatic carbocycles. The summed E-state index contributed by atoms with van der Waals surface area (Å²) in [5.41, 5.74) is -0.419. The largest absolute Gasteiger partial charge is 0.481 e. The van der Waals surface area contributed by atoms with Gasteiger partial charge in [-0.15, -0.1) is 0 Å². The van der Waals surface area contributed by atoms with Gasteiger partial charge in [0.1, 0.15) is 0 Å². The van der Waals surface area contributed by atoms with Crippen LogP contribution in [0.25, 0.3) is 0 Å². The minimum Gasteiger partial charge on any atom is -0.481 e. The maximum atomic E-state index is 13.3. The first kappa shape index (κ1) is 15.0. The van der Waals surface area contributed by atoms with Crippen molar-refractivity contribution >= 4 is 11.9 Å². The highest BCUT2D eigenvalue weighted by Gasteiger charge is 2.16. The van der Waals surface area contributed by atoms with Gasteiger partial charge < -0.3 is 10.4 Å². The summed E-state index contributed by atoms with van der Waals surface area (Å²) in [6.45, 7) is 1.95. The lowest BCUT2D eigenvalue weighted by Gasteiger charge is -2.11. The normalized spacial score (nSPS) is 11.9. The quantitative estimate of drug-likeness (QED) is 0.771. The first-order valence-corrected chi connectivity index (χ1v) is 5.71. The molecule has 7 heteroatoms. The number of aliphatic carboxylic acids is 1. The zero-order valence-corrected chi connectivity index (χ0v) is 10.3. The van der Waals surface area contributed by atoms with Crippen LogP contribution in [0.3, 0.4) is 0 Å². The van der Waals surface area contributed by atoms with Crippen molar-refractivity contribution in [3.63, 3.8) is 0 Å². The average molecular weight is 272 g/mol. The number of rotatable bonds is 6. The van der Waals surface area contributed by atoms with Gasteiger partial charge in [-0.1, -0.05) is 6.92 Å². The number of pyridine rings is 1. The van der Waals surface area contributed by atoms with Crippen LogP contribution in [0.15, 0.2) is 12.3 Å². The van der Waals surface area contributed by atoms with Crippen LogP contribution in [0.5, 0.6) is 0 Å². The molecule has 0 bridgehead atoms. The Morgan fingerprint density at radius 1 is 1.47 bits per heavy atom. The first-order chi connectivity index (χ1) is 8.91. The van der Waals surface area contributed by atoms with Gasteiger partial charge in [-0.05, 0) is 18.4 Å². The molecule has 1 rings (SSSR count). The SMILES string of the molecule is CC(CCC(=O)O)CNC(=O)c1ccnc(F)c1F. The van der Waals surface area contributed by atoms with Gasteiger partial charge in [0.15, 0.2) is 5.82 Å². The molecule has 1 unspecified atom stereocenters. The highest BCUT2D eigenvalue weighted by atomic mass is 19.2. The zero-order valence-electron chi connectivity index (χ0n) is 10.3. The Morgan fingerprint density at radius 2 is 2.16 bits per heavy atom. The summed E-state index contributed by atoms with van der Waals surface area (Å²) in [4.78, 5) is 25.0. The molecule has 1 aromatic rings. The number of halogens is 2. The van der Waals surface area contributed by atoms with Crippen LogP contribution in [0, 0.1) is 17.7 Å². The number of nitrogens with one attached hydrogen (secondary N) is 1. The number of carboxylic acids is 1. The third-order valence-corrected chi connectivity index (χ3v) is 2.55. The number of carboxylic acid groups (broad SMARTS) is 1. The first-order valence-electron chi connectivity index (χ1n) is 5.71. The number of hydrogen-bond donors (Lipinski definition) is 2. The number of carbonyl (C=O) groups is 2. The van der Waals surface area contributed by atoms with Crippen LogP contribution < -0.4 is 5.32 Å². The number of nitrogens with zero attached hydrogens (tertiary/aromatic N) is 1. The molecule has 0 saturated carbocycles. The second-order valence-corrected chi connectivity index (χ2v) is 4.21. The molecule has 1 amide bonds. The van der Waals surface area contributed by atoms with Gasteiger partial charge in [-0.3, -0.25) is 9.59 Å². The molecule has 0 radical (unpaired) electrons. The Balaban J connectivity index is 2.51. The monoisotopic (exact) mass is 272 g/mol. The fraction of sp³-hybridized carbons (Fsp3) is 0.417. The van der Waals surface area contributed by atoms with Crippen LogP contribution in [-0.4, -0.2) is 28.5 Å². The maximum absolute atomic E-state index is 13.3. The van der Waals surface area contributed by atoms with Gasteiger partial charge >= 0.3 is 5.97 Å². The van der Waals surface area contributed by atoms with Crippen molar-refractivity contribution in [2.24, 2.45) is 5.92 Å². The molecule has 1 aromatic heterocycles. The van der Waals surface area contributed by atoms with Crippen molar-refractivity contribution in [2.45, 2.75) is 19.8 Å². The standard InChI is InChI=1S/C12H14F2N2O3/c1-7(2-3-9(17)18)6-16-12(19)8-4-5-15-11(14)10(8)13/h4-5,7H,2-3,6H2,1H3,(H,16,19)(H,17,18). The van der Waals surface area contributed by atoms with Crippen LogP contribution in [0.2, 0.25) is 0 Å². The Labute approximate surface area is 108 Å². The highest BCUT2D eigenvalue weighted by molar-refractivity contribution is 5.94. The van der Waals surface area contributed by atoms with E-state index in [1.54, 1.807) is 6.92 Å². The van der Waals surface area contributed by atoms with Gasteiger partial charge in [0.05, 0.1) is 5.56 Å². The van der Waals surface area contributed by atoms with Crippen LogP contribution in [-0.2, 0) is 4.79 Å². The molecule has 0 spiro atoms. The van der Waals surface area contributed by atoms with Gasteiger partial charge in [-0.25, -0.2) is 9.37 Å². The van der Waals surface area contributed by atoms with Crippen molar-refractivity contribution < 1.29 is 23.5 Å². The summed E-state index contributed by atoms with van der Waals surface area (Å²) >= 11 is 0. The van der Waals surface area contributed by atoms with Crippen molar-refractivity contribution in [2.75, 3.05) is 6.54 Å². The molecule has 19 heavy (non-hydrogen) atoms. The van der Waals surface area contributed by atoms with Crippen molar-refractivity contribution in [3.05, 3.63) is 29.6 Å². The summed E-state index contributed by atoms with van der Waals surface area (Å²) in [6.07, 6.45) is 1.39. The molecule has 0 saturated heterocycles. The second kappa shape index (κ2) is 6.77. The molecule has 0 fully saturated rings. The van der Waals surface area contributed by atoms with Crippen molar-refractivity contribution in [1.29, 1.82) is 0 Å². The summed E-state index contributed by atoms with van der Waals surface area (Å²) in [5, 5.41) is 10.9. The molecule has 1 heterocycles. The van der Waals surface area contributed by atoms with Gasteiger partial charge in [0.2, 0.25) is 5.95 Å². The molecule has 0 aliphatic carbocycles. The Morgan fingerprint density at radius 3 is 2.79 bits per heavy atom. The number of hydrogen-bond acceptors (Lipinski definition) is 3. The average Bonchev–Trinajstić information content (AvgIpc) is 2.36. The molecule has 2 N–H and O–H groups in total. The fourth-order valence-corrected chi connectivity index (χ4v) is 1.43. The Kier molecular flexibility index (Phi) is 5.35. The number of amides is 1. The van der Waals surface area contributed by atoms with E-state index in [1.807, 2.05) is 0 Å². The van der Waals surface area contributed by atoms with E-state index in [2.05, 4.69) is 10.3 Å². The van der Waals surface area contributed by atoms with E-state index < -0.39 is 29.2 Å². The van der Waals surface area contributed by atoms with Gasteiger partial charge in [0.25, 0.3) is 5.91 Å². The Hall–Kier alpha value is -2.05. The lowest BCUT2D eigenvalue weighted by atomic mass is 10.1.